The van der Waals surface area contributed by atoms with Gasteiger partial charge in [-0.05, 0) is 84.7 Å². The lowest BCUT2D eigenvalue weighted by molar-refractivity contribution is 0.816. The summed E-state index contributed by atoms with van der Waals surface area (Å²) in [7, 11) is 0. The fourth-order valence-corrected chi connectivity index (χ4v) is 3.97. The number of benzene rings is 1. The molecule has 0 heteroatoms. The highest BCUT2D eigenvalue weighted by atomic mass is 14.3. The van der Waals surface area contributed by atoms with Crippen LogP contribution in [0.1, 0.15) is 79.8 Å². The van der Waals surface area contributed by atoms with Gasteiger partial charge in [0.15, 0.2) is 0 Å². The van der Waals surface area contributed by atoms with Gasteiger partial charge in [-0.25, -0.2) is 0 Å². The molecule has 2 aliphatic rings. The van der Waals surface area contributed by atoms with Crippen molar-refractivity contribution in [1.82, 2.24) is 0 Å². The van der Waals surface area contributed by atoms with Gasteiger partial charge in [-0.15, -0.1) is 0 Å². The highest BCUT2D eigenvalue weighted by molar-refractivity contribution is 5.56. The van der Waals surface area contributed by atoms with Gasteiger partial charge in [0.05, 0.1) is 0 Å². The van der Waals surface area contributed by atoms with Gasteiger partial charge in [0.2, 0.25) is 0 Å². The van der Waals surface area contributed by atoms with E-state index in [2.05, 4.69) is 20.8 Å². The molecule has 0 fully saturated rings. The van der Waals surface area contributed by atoms with E-state index < -0.39 is 0 Å². The summed E-state index contributed by atoms with van der Waals surface area (Å²) in [4.78, 5) is 0. The summed E-state index contributed by atoms with van der Waals surface area (Å²) < 4.78 is 0. The van der Waals surface area contributed by atoms with E-state index in [1.165, 1.54) is 38.5 Å². The molecule has 0 radical (unpaired) electrons. The van der Waals surface area contributed by atoms with Crippen LogP contribution in [-0.4, -0.2) is 0 Å². The van der Waals surface area contributed by atoms with E-state index in [0.717, 1.165) is 5.92 Å². The Labute approximate surface area is 113 Å². The Balaban J connectivity index is 0.000000574. The Kier molecular flexibility index (Phi) is 4.14. The fourth-order valence-electron chi connectivity index (χ4n) is 3.97. The molecule has 0 unspecified atom stereocenters. The predicted molar refractivity (Wildman–Crippen MR) is 80.7 cm³/mol. The van der Waals surface area contributed by atoms with Crippen LogP contribution in [0.15, 0.2) is 0 Å². The first kappa shape index (κ1) is 13.6. The number of rotatable bonds is 1. The van der Waals surface area contributed by atoms with Gasteiger partial charge in [-0.1, -0.05) is 27.7 Å². The van der Waals surface area contributed by atoms with Crippen molar-refractivity contribution < 1.29 is 0 Å². The Morgan fingerprint density at radius 3 is 1.50 bits per heavy atom. The van der Waals surface area contributed by atoms with E-state index >= 15 is 0 Å². The molecule has 0 N–H and O–H groups in total. The SMILES string of the molecule is CC.Cc1c2c(c(C(C)C)c3c1CCC3)CCC2. The first-order valence-electron chi connectivity index (χ1n) is 7.86. The monoisotopic (exact) mass is 244 g/mol. The van der Waals surface area contributed by atoms with Crippen LogP contribution in [0.2, 0.25) is 0 Å². The lowest BCUT2D eigenvalue weighted by Crippen LogP contribution is -2.05. The normalized spacial score (nSPS) is 16.3. The van der Waals surface area contributed by atoms with E-state index in [1.54, 1.807) is 33.4 Å². The van der Waals surface area contributed by atoms with Crippen molar-refractivity contribution in [2.75, 3.05) is 0 Å². The maximum atomic E-state index is 2.38. The van der Waals surface area contributed by atoms with Crippen molar-refractivity contribution in [3.05, 3.63) is 33.4 Å². The van der Waals surface area contributed by atoms with Crippen LogP contribution in [-0.2, 0) is 25.7 Å². The molecule has 100 valence electrons. The zero-order chi connectivity index (χ0) is 13.3. The maximum absolute atomic E-state index is 2.38. The molecule has 0 atom stereocenters. The molecule has 1 aromatic carbocycles. The molecule has 0 aliphatic heterocycles. The number of fused-ring (bicyclic) bond motifs is 2. The molecule has 0 heterocycles. The van der Waals surface area contributed by atoms with Gasteiger partial charge >= 0.3 is 0 Å². The average molecular weight is 244 g/mol. The third-order valence-electron chi connectivity index (χ3n) is 4.57. The molecule has 0 saturated carbocycles. The van der Waals surface area contributed by atoms with Crippen LogP contribution in [0, 0.1) is 6.92 Å². The molecule has 18 heavy (non-hydrogen) atoms. The van der Waals surface area contributed by atoms with E-state index in [9.17, 15) is 0 Å². The minimum atomic E-state index is 0.722. The molecular formula is C18H28. The van der Waals surface area contributed by atoms with Crippen molar-refractivity contribution in [3.63, 3.8) is 0 Å². The van der Waals surface area contributed by atoms with Crippen LogP contribution in [0.5, 0.6) is 0 Å². The molecule has 0 nitrogen and oxygen atoms in total. The topological polar surface area (TPSA) is 0 Å². The van der Waals surface area contributed by atoms with Crippen molar-refractivity contribution in [2.45, 2.75) is 79.1 Å². The number of hydrogen-bond donors (Lipinski definition) is 0. The second-order valence-electron chi connectivity index (χ2n) is 5.81. The third-order valence-corrected chi connectivity index (χ3v) is 4.57. The Morgan fingerprint density at radius 2 is 1.11 bits per heavy atom. The van der Waals surface area contributed by atoms with E-state index in [0.29, 0.717) is 0 Å². The molecule has 0 bridgehead atoms. The molecule has 0 amide bonds. The highest BCUT2D eigenvalue weighted by Crippen LogP contribution is 2.41. The predicted octanol–water partition coefficient (Wildman–Crippen LogP) is 5.12. The molecule has 0 aromatic heterocycles. The Bertz CT molecular complexity index is 403. The van der Waals surface area contributed by atoms with Crippen molar-refractivity contribution >= 4 is 0 Å². The minimum Gasteiger partial charge on any atom is -0.0683 e. The minimum absolute atomic E-state index is 0.722. The molecular weight excluding hydrogens is 216 g/mol. The fraction of sp³-hybridized carbons (Fsp3) is 0.667. The molecule has 0 saturated heterocycles. The zero-order valence-electron chi connectivity index (χ0n) is 12.8. The van der Waals surface area contributed by atoms with Crippen molar-refractivity contribution in [2.24, 2.45) is 0 Å². The first-order chi connectivity index (χ1) is 8.70. The van der Waals surface area contributed by atoms with E-state index in [4.69, 9.17) is 0 Å². The lowest BCUT2D eigenvalue weighted by atomic mass is 9.85. The van der Waals surface area contributed by atoms with Crippen molar-refractivity contribution in [3.8, 4) is 0 Å². The number of hydrogen-bond acceptors (Lipinski definition) is 0. The summed E-state index contributed by atoms with van der Waals surface area (Å²) in [6.45, 7) is 11.1. The van der Waals surface area contributed by atoms with Gasteiger partial charge in [0.1, 0.15) is 0 Å². The Morgan fingerprint density at radius 1 is 0.722 bits per heavy atom. The largest absolute Gasteiger partial charge is 0.0683 e. The molecule has 1 aromatic rings. The maximum Gasteiger partial charge on any atom is -0.0213 e. The van der Waals surface area contributed by atoms with Gasteiger partial charge in [0, 0.05) is 0 Å². The van der Waals surface area contributed by atoms with Gasteiger partial charge < -0.3 is 0 Å². The lowest BCUT2D eigenvalue weighted by Gasteiger charge is -2.20. The third kappa shape index (κ3) is 2.00. The summed E-state index contributed by atoms with van der Waals surface area (Å²) in [5.74, 6) is 0.722. The quantitative estimate of drug-likeness (QED) is 0.643. The first-order valence-corrected chi connectivity index (χ1v) is 7.86. The van der Waals surface area contributed by atoms with Gasteiger partial charge in [-0.3, -0.25) is 0 Å². The molecule has 2 aliphatic carbocycles. The van der Waals surface area contributed by atoms with Crippen LogP contribution < -0.4 is 0 Å². The van der Waals surface area contributed by atoms with Crippen molar-refractivity contribution in [1.29, 1.82) is 0 Å². The van der Waals surface area contributed by atoms with Crippen LogP contribution in [0.25, 0.3) is 0 Å². The summed E-state index contributed by atoms with van der Waals surface area (Å²) >= 11 is 0. The van der Waals surface area contributed by atoms with E-state index in [-0.39, 0.29) is 0 Å². The average Bonchev–Trinajstić information content (AvgIpc) is 3.00. The van der Waals surface area contributed by atoms with Crippen LogP contribution in [0.3, 0.4) is 0 Å². The highest BCUT2D eigenvalue weighted by Gasteiger charge is 2.27. The molecule has 0 spiro atoms. The standard InChI is InChI=1S/C16H22.C2H6/c1-10(2)16-14-8-4-6-12(14)11(3)13-7-5-9-15(13)16;1-2/h10H,4-9H2,1-3H3;1-2H3. The smallest absolute Gasteiger partial charge is 0.0213 e. The van der Waals surface area contributed by atoms with Gasteiger partial charge in [-0.2, -0.15) is 0 Å². The summed E-state index contributed by atoms with van der Waals surface area (Å²) in [5.41, 5.74) is 10.3. The second-order valence-corrected chi connectivity index (χ2v) is 5.81. The summed E-state index contributed by atoms with van der Waals surface area (Å²) in [6, 6.07) is 0. The van der Waals surface area contributed by atoms with Crippen LogP contribution in [0.4, 0.5) is 0 Å². The van der Waals surface area contributed by atoms with Crippen LogP contribution >= 0.6 is 0 Å². The van der Waals surface area contributed by atoms with Gasteiger partial charge in [0.25, 0.3) is 0 Å². The van der Waals surface area contributed by atoms with E-state index in [1.807, 2.05) is 13.8 Å². The second kappa shape index (κ2) is 5.47. The zero-order valence-corrected chi connectivity index (χ0v) is 12.8. The Hall–Kier alpha value is -0.780. The molecule has 3 rings (SSSR count). The summed E-state index contributed by atoms with van der Waals surface area (Å²) in [5, 5.41) is 0. The summed E-state index contributed by atoms with van der Waals surface area (Å²) in [6.07, 6.45) is 8.15.